The van der Waals surface area contributed by atoms with Gasteiger partial charge in [0.1, 0.15) is 0 Å². The van der Waals surface area contributed by atoms with Gasteiger partial charge in [-0.3, -0.25) is 0 Å². The van der Waals surface area contributed by atoms with Gasteiger partial charge in [-0.05, 0) is 47.1 Å². The lowest BCUT2D eigenvalue weighted by molar-refractivity contribution is 0.773. The van der Waals surface area contributed by atoms with E-state index >= 15 is 0 Å². The topological polar surface area (TPSA) is 0 Å². The average molecular weight is 396 g/mol. The third-order valence-corrected chi connectivity index (χ3v) is 4.91. The summed E-state index contributed by atoms with van der Waals surface area (Å²) in [5.41, 5.74) is 4.19. The monoisotopic (exact) mass is 394 g/mol. The standard InChI is InChI=1S/C18H20Br2/c1-13(2)15-8-6-14(7-9-15)10-17(12-19)16-4-3-5-18(20)11-16/h3-9,11,13,17H,10,12H2,1-2H3. The van der Waals surface area contributed by atoms with E-state index in [1.165, 1.54) is 16.7 Å². The van der Waals surface area contributed by atoms with Crippen molar-refractivity contribution in [3.63, 3.8) is 0 Å². The van der Waals surface area contributed by atoms with Crippen LogP contribution in [0, 0.1) is 0 Å². The van der Waals surface area contributed by atoms with Crippen LogP contribution in [0.2, 0.25) is 0 Å². The molecule has 0 fully saturated rings. The van der Waals surface area contributed by atoms with Crippen LogP contribution in [0.25, 0.3) is 0 Å². The summed E-state index contributed by atoms with van der Waals surface area (Å²) in [6, 6.07) is 17.7. The molecule has 0 aliphatic rings. The summed E-state index contributed by atoms with van der Waals surface area (Å²) in [6.07, 6.45) is 1.07. The SMILES string of the molecule is CC(C)c1ccc(CC(CBr)c2cccc(Br)c2)cc1. The van der Waals surface area contributed by atoms with Gasteiger partial charge in [0.15, 0.2) is 0 Å². The first-order chi connectivity index (χ1) is 9.60. The molecule has 0 aromatic heterocycles. The van der Waals surface area contributed by atoms with E-state index in [1.54, 1.807) is 0 Å². The molecule has 0 saturated carbocycles. The van der Waals surface area contributed by atoms with Crippen LogP contribution in [0.4, 0.5) is 0 Å². The molecule has 2 aromatic rings. The fourth-order valence-electron chi connectivity index (χ4n) is 2.35. The lowest BCUT2D eigenvalue weighted by Crippen LogP contribution is -2.04. The smallest absolute Gasteiger partial charge is 0.0178 e. The van der Waals surface area contributed by atoms with Crippen molar-refractivity contribution >= 4 is 31.9 Å². The summed E-state index contributed by atoms with van der Waals surface area (Å²) in [5, 5.41) is 0.982. The van der Waals surface area contributed by atoms with Crippen LogP contribution >= 0.6 is 31.9 Å². The number of alkyl halides is 1. The van der Waals surface area contributed by atoms with Crippen molar-refractivity contribution in [2.24, 2.45) is 0 Å². The van der Waals surface area contributed by atoms with Gasteiger partial charge in [0.25, 0.3) is 0 Å². The fraction of sp³-hybridized carbons (Fsp3) is 0.333. The molecule has 2 rings (SSSR count). The molecule has 0 N–H and O–H groups in total. The summed E-state index contributed by atoms with van der Waals surface area (Å²) >= 11 is 7.21. The van der Waals surface area contributed by atoms with Gasteiger partial charge in [-0.1, -0.05) is 82.1 Å². The van der Waals surface area contributed by atoms with E-state index in [-0.39, 0.29) is 0 Å². The Morgan fingerprint density at radius 3 is 2.20 bits per heavy atom. The highest BCUT2D eigenvalue weighted by molar-refractivity contribution is 9.10. The van der Waals surface area contributed by atoms with Gasteiger partial charge in [0.05, 0.1) is 0 Å². The molecule has 0 saturated heterocycles. The van der Waals surface area contributed by atoms with E-state index in [1.807, 2.05) is 0 Å². The third kappa shape index (κ3) is 4.20. The van der Waals surface area contributed by atoms with E-state index in [9.17, 15) is 0 Å². The molecule has 0 aliphatic carbocycles. The molecule has 0 bridgehead atoms. The van der Waals surface area contributed by atoms with E-state index in [0.717, 1.165) is 16.2 Å². The van der Waals surface area contributed by atoms with Crippen molar-refractivity contribution in [2.45, 2.75) is 32.1 Å². The van der Waals surface area contributed by atoms with Crippen LogP contribution in [-0.2, 0) is 6.42 Å². The highest BCUT2D eigenvalue weighted by Crippen LogP contribution is 2.26. The maximum Gasteiger partial charge on any atom is 0.0178 e. The summed E-state index contributed by atoms with van der Waals surface area (Å²) in [7, 11) is 0. The molecule has 1 atom stereocenters. The largest absolute Gasteiger partial charge is 0.0921 e. The minimum absolute atomic E-state index is 0.511. The zero-order chi connectivity index (χ0) is 14.5. The Bertz CT molecular complexity index is 544. The molecule has 0 heterocycles. The number of hydrogen-bond acceptors (Lipinski definition) is 0. The Morgan fingerprint density at radius 1 is 0.950 bits per heavy atom. The minimum atomic E-state index is 0.511. The van der Waals surface area contributed by atoms with Crippen molar-refractivity contribution in [2.75, 3.05) is 5.33 Å². The van der Waals surface area contributed by atoms with Gasteiger partial charge < -0.3 is 0 Å². The Morgan fingerprint density at radius 2 is 1.65 bits per heavy atom. The lowest BCUT2D eigenvalue weighted by Gasteiger charge is -2.16. The Balaban J connectivity index is 2.14. The Labute approximate surface area is 138 Å². The molecule has 1 unspecified atom stereocenters. The summed E-state index contributed by atoms with van der Waals surface area (Å²) in [5.74, 6) is 1.11. The number of rotatable bonds is 5. The van der Waals surface area contributed by atoms with Crippen molar-refractivity contribution in [3.05, 3.63) is 69.7 Å². The van der Waals surface area contributed by atoms with Gasteiger partial charge in [0.2, 0.25) is 0 Å². The lowest BCUT2D eigenvalue weighted by atomic mass is 9.92. The molecule has 0 radical (unpaired) electrons. The first kappa shape index (κ1) is 15.8. The Hall–Kier alpha value is -0.600. The maximum absolute atomic E-state index is 3.66. The molecular weight excluding hydrogens is 376 g/mol. The second-order valence-corrected chi connectivity index (χ2v) is 7.07. The van der Waals surface area contributed by atoms with Crippen molar-refractivity contribution in [1.82, 2.24) is 0 Å². The van der Waals surface area contributed by atoms with Crippen molar-refractivity contribution in [1.29, 1.82) is 0 Å². The second kappa shape index (κ2) is 7.42. The van der Waals surface area contributed by atoms with Gasteiger partial charge in [-0.2, -0.15) is 0 Å². The number of hydrogen-bond donors (Lipinski definition) is 0. The van der Waals surface area contributed by atoms with Gasteiger partial charge in [0, 0.05) is 9.80 Å². The van der Waals surface area contributed by atoms with Crippen LogP contribution in [0.15, 0.2) is 53.0 Å². The molecule has 0 amide bonds. The third-order valence-electron chi connectivity index (χ3n) is 3.63. The van der Waals surface area contributed by atoms with E-state index in [4.69, 9.17) is 0 Å². The highest BCUT2D eigenvalue weighted by atomic mass is 79.9. The zero-order valence-electron chi connectivity index (χ0n) is 11.9. The summed E-state index contributed by atoms with van der Waals surface area (Å²) in [6.45, 7) is 4.47. The first-order valence-electron chi connectivity index (χ1n) is 7.00. The van der Waals surface area contributed by atoms with Crippen molar-refractivity contribution < 1.29 is 0 Å². The fourth-order valence-corrected chi connectivity index (χ4v) is 3.36. The maximum atomic E-state index is 3.66. The molecule has 2 heteroatoms. The minimum Gasteiger partial charge on any atom is -0.0921 e. The predicted molar refractivity (Wildman–Crippen MR) is 94.9 cm³/mol. The Kier molecular flexibility index (Phi) is 5.86. The molecular formula is C18H20Br2. The van der Waals surface area contributed by atoms with Crippen LogP contribution in [0.5, 0.6) is 0 Å². The normalized spacial score (nSPS) is 12.7. The van der Waals surface area contributed by atoms with Crippen LogP contribution in [-0.4, -0.2) is 5.33 Å². The quantitative estimate of drug-likeness (QED) is 0.521. The van der Waals surface area contributed by atoms with Gasteiger partial charge in [-0.15, -0.1) is 0 Å². The number of benzene rings is 2. The predicted octanol–water partition coefficient (Wildman–Crippen LogP) is 6.29. The zero-order valence-corrected chi connectivity index (χ0v) is 15.1. The second-order valence-electron chi connectivity index (χ2n) is 5.51. The van der Waals surface area contributed by atoms with Gasteiger partial charge in [-0.25, -0.2) is 0 Å². The van der Waals surface area contributed by atoms with Crippen molar-refractivity contribution in [3.8, 4) is 0 Å². The van der Waals surface area contributed by atoms with Crippen LogP contribution < -0.4 is 0 Å². The summed E-state index contributed by atoms with van der Waals surface area (Å²) in [4.78, 5) is 0. The van der Waals surface area contributed by atoms with E-state index < -0.39 is 0 Å². The van der Waals surface area contributed by atoms with E-state index in [0.29, 0.717) is 11.8 Å². The summed E-state index contributed by atoms with van der Waals surface area (Å²) < 4.78 is 1.15. The molecule has 0 spiro atoms. The number of halogens is 2. The van der Waals surface area contributed by atoms with Gasteiger partial charge >= 0.3 is 0 Å². The first-order valence-corrected chi connectivity index (χ1v) is 8.92. The van der Waals surface area contributed by atoms with Crippen LogP contribution in [0.1, 0.15) is 42.4 Å². The molecule has 0 aliphatic heterocycles. The van der Waals surface area contributed by atoms with Crippen LogP contribution in [0.3, 0.4) is 0 Å². The highest BCUT2D eigenvalue weighted by Gasteiger charge is 2.11. The molecule has 0 nitrogen and oxygen atoms in total. The molecule has 106 valence electrons. The van der Waals surface area contributed by atoms with E-state index in [2.05, 4.69) is 94.2 Å². The average Bonchev–Trinajstić information content (AvgIpc) is 2.45. The molecule has 20 heavy (non-hydrogen) atoms. The molecule has 2 aromatic carbocycles.